The van der Waals surface area contributed by atoms with Crippen molar-refractivity contribution in [1.82, 2.24) is 9.55 Å². The molecule has 0 spiro atoms. The molecule has 3 unspecified atom stereocenters. The topological polar surface area (TPSA) is 109 Å². The Kier molecular flexibility index (Phi) is 10.4. The van der Waals surface area contributed by atoms with E-state index < -0.39 is 25.7 Å². The van der Waals surface area contributed by atoms with Crippen LogP contribution < -0.4 is 10.1 Å². The van der Waals surface area contributed by atoms with Crippen LogP contribution in [0.1, 0.15) is 48.8 Å². The highest BCUT2D eigenvalue weighted by Crippen LogP contribution is 2.55. The molecule has 13 heteroatoms. The first-order valence-corrected chi connectivity index (χ1v) is 12.3. The Morgan fingerprint density at radius 1 is 1.36 bits per heavy atom. The van der Waals surface area contributed by atoms with Crippen LogP contribution in [0.25, 0.3) is 0 Å². The van der Waals surface area contributed by atoms with Crippen molar-refractivity contribution in [2.45, 2.75) is 45.6 Å². The maximum atomic E-state index is 12.7. The minimum atomic E-state index is -3.78. The van der Waals surface area contributed by atoms with Crippen molar-refractivity contribution in [3.63, 3.8) is 0 Å². The molecule has 1 aromatic heterocycles. The van der Waals surface area contributed by atoms with Gasteiger partial charge in [0, 0.05) is 16.8 Å². The van der Waals surface area contributed by atoms with Gasteiger partial charge in [0.05, 0.1) is 32.1 Å². The molecule has 2 aromatic rings. The van der Waals surface area contributed by atoms with Crippen molar-refractivity contribution in [2.24, 2.45) is 0 Å². The van der Waals surface area contributed by atoms with E-state index in [-0.39, 0.29) is 23.5 Å². The number of hydrogen-bond donors (Lipinski definition) is 1. The van der Waals surface area contributed by atoms with E-state index in [1.807, 2.05) is 13.8 Å². The Morgan fingerprint density at radius 3 is 2.79 bits per heavy atom. The van der Waals surface area contributed by atoms with Gasteiger partial charge in [-0.1, -0.05) is 25.4 Å². The number of aromatic amines is 1. The third kappa shape index (κ3) is 6.81. The number of phosphoric acid groups is 1. The third-order valence-electron chi connectivity index (χ3n) is 4.55. The van der Waals surface area contributed by atoms with Crippen molar-refractivity contribution in [2.75, 3.05) is 13.8 Å². The van der Waals surface area contributed by atoms with Gasteiger partial charge in [-0.15, -0.1) is 0 Å². The Bertz CT molecular complexity index is 1130. The molecule has 33 heavy (non-hydrogen) atoms. The SMILES string of the molecule is CC.CF.O=Cc1cn(C2CCC(COP3(=O)OCc4cc(Cl)ccc4O3)O2)c(=S)[nH]c1=O. The number of ether oxygens (including phenoxy) is 1. The molecule has 4 rings (SSSR count). The van der Waals surface area contributed by atoms with E-state index in [9.17, 15) is 18.5 Å². The highest BCUT2D eigenvalue weighted by Gasteiger charge is 2.37. The summed E-state index contributed by atoms with van der Waals surface area (Å²) in [5, 5.41) is 0.526. The first-order valence-electron chi connectivity index (χ1n) is 10.1. The molecule has 0 saturated carbocycles. The maximum Gasteiger partial charge on any atom is 0.530 e. The van der Waals surface area contributed by atoms with Gasteiger partial charge in [-0.2, -0.15) is 0 Å². The van der Waals surface area contributed by atoms with Gasteiger partial charge >= 0.3 is 7.82 Å². The Balaban J connectivity index is 0.000000914. The number of hydrogen-bond acceptors (Lipinski definition) is 8. The van der Waals surface area contributed by atoms with Crippen LogP contribution in [0.2, 0.25) is 5.02 Å². The van der Waals surface area contributed by atoms with Crippen LogP contribution in [0.5, 0.6) is 5.75 Å². The lowest BCUT2D eigenvalue weighted by molar-refractivity contribution is -0.0256. The summed E-state index contributed by atoms with van der Waals surface area (Å²) in [5.74, 6) is 0.398. The molecule has 3 heterocycles. The summed E-state index contributed by atoms with van der Waals surface area (Å²) in [6, 6.07) is 4.91. The number of H-pyrrole nitrogens is 1. The summed E-state index contributed by atoms with van der Waals surface area (Å²) >= 11 is 11.1. The van der Waals surface area contributed by atoms with E-state index in [1.165, 1.54) is 10.8 Å². The molecular formula is C20H25ClFN2O7PS. The average molecular weight is 523 g/mol. The predicted molar refractivity (Wildman–Crippen MR) is 123 cm³/mol. The second-order valence-electron chi connectivity index (χ2n) is 6.52. The number of rotatable bonds is 5. The number of halogens is 2. The predicted octanol–water partition coefficient (Wildman–Crippen LogP) is 5.40. The lowest BCUT2D eigenvalue weighted by Crippen LogP contribution is -2.22. The monoisotopic (exact) mass is 522 g/mol. The highest BCUT2D eigenvalue weighted by molar-refractivity contribution is 7.71. The van der Waals surface area contributed by atoms with Crippen LogP contribution in [-0.2, 0) is 25.0 Å². The molecule has 9 nitrogen and oxygen atoms in total. The second-order valence-corrected chi connectivity index (χ2v) is 8.94. The van der Waals surface area contributed by atoms with Gasteiger partial charge in [0.2, 0.25) is 0 Å². The van der Waals surface area contributed by atoms with Gasteiger partial charge in [-0.25, -0.2) is 4.57 Å². The van der Waals surface area contributed by atoms with Crippen LogP contribution >= 0.6 is 31.6 Å². The van der Waals surface area contributed by atoms with E-state index in [1.54, 1.807) is 18.2 Å². The van der Waals surface area contributed by atoms with Crippen molar-refractivity contribution in [3.05, 3.63) is 55.7 Å². The third-order valence-corrected chi connectivity index (χ3v) is 6.43. The first-order chi connectivity index (χ1) is 15.9. The normalized spacial score (nSPS) is 23.2. The summed E-state index contributed by atoms with van der Waals surface area (Å²) in [4.78, 5) is 25.1. The molecule has 1 N–H and O–H groups in total. The van der Waals surface area contributed by atoms with Crippen molar-refractivity contribution < 1.29 is 32.1 Å². The number of nitrogens with one attached hydrogen (secondary N) is 1. The largest absolute Gasteiger partial charge is 0.530 e. The van der Waals surface area contributed by atoms with E-state index in [2.05, 4.69) is 4.98 Å². The lowest BCUT2D eigenvalue weighted by Gasteiger charge is -2.25. The van der Waals surface area contributed by atoms with Gasteiger partial charge < -0.3 is 9.26 Å². The first kappa shape index (κ1) is 27.4. The Morgan fingerprint density at radius 2 is 2.09 bits per heavy atom. The molecule has 0 radical (unpaired) electrons. The summed E-state index contributed by atoms with van der Waals surface area (Å²) in [6.07, 6.45) is 2.10. The number of phosphoric ester groups is 1. The zero-order valence-corrected chi connectivity index (χ0v) is 20.8. The highest BCUT2D eigenvalue weighted by atomic mass is 35.5. The molecule has 2 aliphatic rings. The molecule has 1 fully saturated rings. The molecule has 2 aliphatic heterocycles. The molecule has 3 atom stereocenters. The standard InChI is InChI=1S/C17H16ClN2O7PS.C2H6.CH3F/c18-12-1-3-14-10(5-12)8-24-28(23,27-14)25-9-13-2-4-15(26-13)20-6-11(7-21)16(22)19-17(20)29;2*1-2/h1,3,5-7,13,15H,2,4,8-9H2,(H,19,22,29);1-2H3;1H3. The van der Waals surface area contributed by atoms with Gasteiger partial charge in [-0.05, 0) is 43.3 Å². The number of nitrogens with zero attached hydrogens (tertiary/aromatic N) is 1. The molecule has 0 aliphatic carbocycles. The quantitative estimate of drug-likeness (QED) is 0.316. The Labute approximate surface area is 200 Å². The number of alkyl halides is 1. The summed E-state index contributed by atoms with van der Waals surface area (Å²) in [5.41, 5.74) is 0.0858. The van der Waals surface area contributed by atoms with Gasteiger partial charge in [0.15, 0.2) is 11.1 Å². The number of benzene rings is 1. The number of fused-ring (bicyclic) bond motifs is 1. The minimum Gasteiger partial charge on any atom is -0.404 e. The average Bonchev–Trinajstić information content (AvgIpc) is 3.30. The van der Waals surface area contributed by atoms with Crippen LogP contribution in [0.4, 0.5) is 4.39 Å². The summed E-state index contributed by atoms with van der Waals surface area (Å²) < 4.78 is 45.8. The van der Waals surface area contributed by atoms with Crippen molar-refractivity contribution >= 4 is 37.9 Å². The van der Waals surface area contributed by atoms with E-state index in [0.29, 0.717) is 42.6 Å². The molecule has 1 aromatic carbocycles. The number of carbonyl (C=O) groups excluding carboxylic acids is 1. The number of aldehydes is 1. The van der Waals surface area contributed by atoms with Crippen LogP contribution in [-0.4, -0.2) is 35.7 Å². The fraction of sp³-hybridized carbons (Fsp3) is 0.450. The zero-order chi connectivity index (χ0) is 24.6. The number of carbonyl (C=O) groups is 1. The van der Waals surface area contributed by atoms with Gasteiger partial charge in [0.25, 0.3) is 5.56 Å². The maximum absolute atomic E-state index is 12.7. The molecule has 182 valence electrons. The van der Waals surface area contributed by atoms with Crippen molar-refractivity contribution in [1.29, 1.82) is 0 Å². The lowest BCUT2D eigenvalue weighted by atomic mass is 10.2. The van der Waals surface area contributed by atoms with Crippen LogP contribution in [0.3, 0.4) is 0 Å². The Hall–Kier alpha value is -1.88. The molecular weight excluding hydrogens is 498 g/mol. The van der Waals surface area contributed by atoms with E-state index in [4.69, 9.17) is 42.1 Å². The van der Waals surface area contributed by atoms with Crippen LogP contribution in [0.15, 0.2) is 29.2 Å². The van der Waals surface area contributed by atoms with E-state index in [0.717, 1.165) is 0 Å². The summed E-state index contributed by atoms with van der Waals surface area (Å²) in [6.45, 7) is 4.04. The summed E-state index contributed by atoms with van der Waals surface area (Å²) in [7, 11) is -3.28. The minimum absolute atomic E-state index is 0.0199. The molecule has 0 amide bonds. The molecule has 0 bridgehead atoms. The smallest absolute Gasteiger partial charge is 0.404 e. The fourth-order valence-corrected chi connectivity index (χ4v) is 4.80. The van der Waals surface area contributed by atoms with Gasteiger partial charge in [-0.3, -0.25) is 32.6 Å². The van der Waals surface area contributed by atoms with Crippen LogP contribution in [0, 0.1) is 4.77 Å². The number of aromatic nitrogens is 2. The second kappa shape index (κ2) is 12.5. The van der Waals surface area contributed by atoms with E-state index >= 15 is 0 Å². The molecule has 1 saturated heterocycles. The fourth-order valence-electron chi connectivity index (χ4n) is 3.10. The van der Waals surface area contributed by atoms with Gasteiger partial charge in [0.1, 0.15) is 12.0 Å². The van der Waals surface area contributed by atoms with Crippen molar-refractivity contribution in [3.8, 4) is 5.75 Å². The zero-order valence-electron chi connectivity index (χ0n) is 18.3.